The van der Waals surface area contributed by atoms with E-state index >= 15 is 0 Å². The fourth-order valence-corrected chi connectivity index (χ4v) is 2.08. The van der Waals surface area contributed by atoms with Crippen LogP contribution in [0.3, 0.4) is 0 Å². The average molecular weight is 323 g/mol. The number of carbonyl (C=O) groups excluding carboxylic acids is 1. The molecule has 1 aromatic heterocycles. The van der Waals surface area contributed by atoms with Gasteiger partial charge in [0.1, 0.15) is 13.2 Å². The van der Waals surface area contributed by atoms with E-state index in [1.54, 1.807) is 12.1 Å². The highest BCUT2D eigenvalue weighted by atomic mass is 32.1. The zero-order valence-corrected chi connectivity index (χ0v) is 11.5. The summed E-state index contributed by atoms with van der Waals surface area (Å²) in [7, 11) is 0. The zero-order valence-electron chi connectivity index (χ0n) is 10.6. The third-order valence-corrected chi connectivity index (χ3v) is 3.08. The molecule has 0 spiro atoms. The summed E-state index contributed by atoms with van der Waals surface area (Å²) in [5, 5.41) is 10.9. The van der Waals surface area contributed by atoms with Crippen LogP contribution in [0.4, 0.5) is 13.2 Å². The Labute approximate surface area is 122 Å². The molecule has 0 aliphatic rings. The quantitative estimate of drug-likeness (QED) is 0.753. The standard InChI is InChI=1S/C12H12F3NO4S/c13-12(14,15)7-20-6-10(17)16-5-9-2-1-8(21-9)3-4-11(18)19/h1-4H,5-7H2,(H,16,17)(H,18,19)/b4-3+. The lowest BCUT2D eigenvalue weighted by Crippen LogP contribution is -2.29. The zero-order chi connectivity index (χ0) is 15.9. The number of alkyl halides is 3. The van der Waals surface area contributed by atoms with E-state index in [1.165, 1.54) is 17.4 Å². The summed E-state index contributed by atoms with van der Waals surface area (Å²) in [6.07, 6.45) is -2.07. The van der Waals surface area contributed by atoms with Crippen LogP contribution in [0, 0.1) is 0 Å². The molecule has 2 N–H and O–H groups in total. The fourth-order valence-electron chi connectivity index (χ4n) is 1.23. The smallest absolute Gasteiger partial charge is 0.411 e. The first kappa shape index (κ1) is 17.2. The maximum Gasteiger partial charge on any atom is 0.411 e. The molecule has 0 aliphatic carbocycles. The minimum absolute atomic E-state index is 0.139. The van der Waals surface area contributed by atoms with E-state index in [2.05, 4.69) is 10.1 Å². The first-order valence-corrected chi connectivity index (χ1v) is 6.49. The second-order valence-electron chi connectivity index (χ2n) is 3.86. The Morgan fingerprint density at radius 3 is 2.71 bits per heavy atom. The van der Waals surface area contributed by atoms with Gasteiger partial charge in [0.15, 0.2) is 0 Å². The number of halogens is 3. The van der Waals surface area contributed by atoms with Crippen LogP contribution in [0.15, 0.2) is 18.2 Å². The van der Waals surface area contributed by atoms with Crippen molar-refractivity contribution in [3.05, 3.63) is 28.0 Å². The number of amides is 1. The van der Waals surface area contributed by atoms with Crippen LogP contribution in [0.2, 0.25) is 0 Å². The van der Waals surface area contributed by atoms with E-state index in [0.29, 0.717) is 4.88 Å². The summed E-state index contributed by atoms with van der Waals surface area (Å²) in [5.41, 5.74) is 0. The molecule has 0 saturated carbocycles. The normalized spacial score (nSPS) is 11.8. The van der Waals surface area contributed by atoms with E-state index in [1.807, 2.05) is 0 Å². The molecule has 5 nitrogen and oxygen atoms in total. The summed E-state index contributed by atoms with van der Waals surface area (Å²) in [4.78, 5) is 23.0. The molecule has 0 saturated heterocycles. The van der Waals surface area contributed by atoms with Crippen molar-refractivity contribution in [1.29, 1.82) is 0 Å². The number of thiophene rings is 1. The molecule has 1 amide bonds. The predicted molar refractivity (Wildman–Crippen MR) is 69.7 cm³/mol. The van der Waals surface area contributed by atoms with E-state index < -0.39 is 31.3 Å². The molecular formula is C12H12F3NO4S. The Bertz CT molecular complexity index is 525. The fraction of sp³-hybridized carbons (Fsp3) is 0.333. The first-order chi connectivity index (χ1) is 9.76. The number of carboxylic acids is 1. The number of hydrogen-bond donors (Lipinski definition) is 2. The van der Waals surface area contributed by atoms with Crippen LogP contribution in [-0.4, -0.2) is 36.4 Å². The van der Waals surface area contributed by atoms with Crippen molar-refractivity contribution in [1.82, 2.24) is 5.32 Å². The lowest BCUT2D eigenvalue weighted by Gasteiger charge is -2.07. The second-order valence-corrected chi connectivity index (χ2v) is 5.06. The monoisotopic (exact) mass is 323 g/mol. The van der Waals surface area contributed by atoms with E-state index in [-0.39, 0.29) is 6.54 Å². The van der Waals surface area contributed by atoms with Gasteiger partial charge >= 0.3 is 12.1 Å². The Balaban J connectivity index is 2.32. The van der Waals surface area contributed by atoms with Gasteiger partial charge in [0.25, 0.3) is 0 Å². The summed E-state index contributed by atoms with van der Waals surface area (Å²) < 4.78 is 39.6. The number of nitrogens with one attached hydrogen (secondary N) is 1. The number of rotatable bonds is 7. The maximum atomic E-state index is 11.8. The molecule has 0 fully saturated rings. The molecular weight excluding hydrogens is 311 g/mol. The van der Waals surface area contributed by atoms with Crippen LogP contribution in [0.25, 0.3) is 6.08 Å². The van der Waals surface area contributed by atoms with Gasteiger partial charge in [-0.15, -0.1) is 11.3 Å². The van der Waals surface area contributed by atoms with Gasteiger partial charge in [-0.2, -0.15) is 13.2 Å². The highest BCUT2D eigenvalue weighted by Crippen LogP contribution is 2.17. The van der Waals surface area contributed by atoms with Crippen LogP contribution in [0.1, 0.15) is 9.75 Å². The second kappa shape index (κ2) is 7.79. The highest BCUT2D eigenvalue weighted by molar-refractivity contribution is 7.12. The van der Waals surface area contributed by atoms with Crippen molar-refractivity contribution in [3.63, 3.8) is 0 Å². The molecule has 0 aromatic carbocycles. The van der Waals surface area contributed by atoms with Crippen LogP contribution in [0.5, 0.6) is 0 Å². The third-order valence-electron chi connectivity index (χ3n) is 2.03. The summed E-state index contributed by atoms with van der Waals surface area (Å²) in [5.74, 6) is -1.73. The highest BCUT2D eigenvalue weighted by Gasteiger charge is 2.27. The van der Waals surface area contributed by atoms with Crippen LogP contribution in [-0.2, 0) is 20.9 Å². The maximum absolute atomic E-state index is 11.8. The SMILES string of the molecule is O=C(O)/C=C/c1ccc(CNC(=O)COCC(F)(F)F)s1. The number of ether oxygens (including phenoxy) is 1. The minimum Gasteiger partial charge on any atom is -0.478 e. The topological polar surface area (TPSA) is 75.6 Å². The summed E-state index contributed by atoms with van der Waals surface area (Å²) >= 11 is 1.26. The molecule has 0 bridgehead atoms. The molecule has 1 rings (SSSR count). The number of carbonyl (C=O) groups is 2. The Morgan fingerprint density at radius 1 is 1.38 bits per heavy atom. The Morgan fingerprint density at radius 2 is 2.10 bits per heavy atom. The van der Waals surface area contributed by atoms with E-state index in [0.717, 1.165) is 11.0 Å². The van der Waals surface area contributed by atoms with Crippen molar-refractivity contribution in [3.8, 4) is 0 Å². The molecule has 0 aliphatic heterocycles. The first-order valence-electron chi connectivity index (χ1n) is 5.67. The van der Waals surface area contributed by atoms with Gasteiger partial charge in [-0.3, -0.25) is 4.79 Å². The lowest BCUT2D eigenvalue weighted by molar-refractivity contribution is -0.175. The van der Waals surface area contributed by atoms with Crippen LogP contribution >= 0.6 is 11.3 Å². The van der Waals surface area contributed by atoms with Crippen molar-refractivity contribution in [2.24, 2.45) is 0 Å². The van der Waals surface area contributed by atoms with Crippen molar-refractivity contribution in [2.45, 2.75) is 12.7 Å². The molecule has 0 radical (unpaired) electrons. The Hall–Kier alpha value is -1.87. The van der Waals surface area contributed by atoms with Gasteiger partial charge in [0, 0.05) is 15.8 Å². The molecule has 21 heavy (non-hydrogen) atoms. The van der Waals surface area contributed by atoms with Gasteiger partial charge in [0.2, 0.25) is 5.91 Å². The van der Waals surface area contributed by atoms with E-state index in [4.69, 9.17) is 5.11 Å². The van der Waals surface area contributed by atoms with Crippen molar-refractivity contribution in [2.75, 3.05) is 13.2 Å². The van der Waals surface area contributed by atoms with Crippen molar-refractivity contribution < 1.29 is 32.6 Å². The van der Waals surface area contributed by atoms with Gasteiger partial charge < -0.3 is 15.2 Å². The van der Waals surface area contributed by atoms with Gasteiger partial charge in [0.05, 0.1) is 6.54 Å². The largest absolute Gasteiger partial charge is 0.478 e. The van der Waals surface area contributed by atoms with Crippen molar-refractivity contribution >= 4 is 29.3 Å². The van der Waals surface area contributed by atoms with Gasteiger partial charge in [-0.05, 0) is 18.2 Å². The molecule has 1 heterocycles. The predicted octanol–water partition coefficient (Wildman–Crippen LogP) is 2.04. The van der Waals surface area contributed by atoms with Gasteiger partial charge in [-0.1, -0.05) is 0 Å². The average Bonchev–Trinajstić information content (AvgIpc) is 2.80. The summed E-state index contributed by atoms with van der Waals surface area (Å²) in [6.45, 7) is -2.00. The lowest BCUT2D eigenvalue weighted by atomic mass is 10.4. The molecule has 0 atom stereocenters. The van der Waals surface area contributed by atoms with Gasteiger partial charge in [-0.25, -0.2) is 4.79 Å². The molecule has 1 aromatic rings. The number of carboxylic acid groups (broad SMARTS) is 1. The number of hydrogen-bond acceptors (Lipinski definition) is 4. The van der Waals surface area contributed by atoms with E-state index in [9.17, 15) is 22.8 Å². The number of aliphatic carboxylic acids is 1. The third kappa shape index (κ3) is 8.10. The van der Waals surface area contributed by atoms with Crippen LogP contribution < -0.4 is 5.32 Å². The molecule has 9 heteroatoms. The summed E-state index contributed by atoms with van der Waals surface area (Å²) in [6, 6.07) is 3.36. The molecule has 0 unspecified atom stereocenters. The molecule has 116 valence electrons. The Kier molecular flexibility index (Phi) is 6.38. The minimum atomic E-state index is -4.46.